The van der Waals surface area contributed by atoms with Gasteiger partial charge in [-0.1, -0.05) is 30.3 Å². The number of nitrogens with zero attached hydrogens (tertiary/aromatic N) is 3. The number of piperidine rings is 1. The first kappa shape index (κ1) is 19.1. The van der Waals surface area contributed by atoms with E-state index in [1.807, 2.05) is 49.4 Å². The lowest BCUT2D eigenvalue weighted by atomic mass is 9.96. The van der Waals surface area contributed by atoms with Gasteiger partial charge in [0.15, 0.2) is 0 Å². The third kappa shape index (κ3) is 4.42. The van der Waals surface area contributed by atoms with Gasteiger partial charge in [0.05, 0.1) is 17.9 Å². The van der Waals surface area contributed by atoms with E-state index in [1.54, 1.807) is 17.2 Å². The molecular formula is C23H24N4O2. The summed E-state index contributed by atoms with van der Waals surface area (Å²) in [6.45, 7) is 3.01. The fourth-order valence-electron chi connectivity index (χ4n) is 3.84. The number of fused-ring (bicyclic) bond motifs is 1. The first-order valence-electron chi connectivity index (χ1n) is 9.95. The maximum Gasteiger partial charge on any atom is 0.230 e. The maximum atomic E-state index is 12.9. The Morgan fingerprint density at radius 3 is 2.83 bits per heavy atom. The van der Waals surface area contributed by atoms with E-state index in [4.69, 9.17) is 0 Å². The first-order valence-corrected chi connectivity index (χ1v) is 9.95. The number of para-hydroxylation sites is 1. The monoisotopic (exact) mass is 388 g/mol. The van der Waals surface area contributed by atoms with Crippen molar-refractivity contribution in [3.63, 3.8) is 0 Å². The summed E-state index contributed by atoms with van der Waals surface area (Å²) in [5, 5.41) is 3.91. The number of pyridine rings is 2. The van der Waals surface area contributed by atoms with Crippen LogP contribution in [0, 0.1) is 12.8 Å². The number of carbonyl (C=O) groups excluding carboxylic acids is 2. The van der Waals surface area contributed by atoms with Gasteiger partial charge >= 0.3 is 0 Å². The van der Waals surface area contributed by atoms with Crippen LogP contribution in [0.5, 0.6) is 0 Å². The molecule has 1 fully saturated rings. The molecule has 1 aliphatic heterocycles. The normalized spacial score (nSPS) is 16.6. The van der Waals surface area contributed by atoms with Crippen LogP contribution in [-0.4, -0.2) is 39.8 Å². The Labute approximate surface area is 170 Å². The second-order valence-electron chi connectivity index (χ2n) is 7.50. The summed E-state index contributed by atoms with van der Waals surface area (Å²) < 4.78 is 0. The maximum absolute atomic E-state index is 12.9. The molecule has 2 amide bonds. The number of benzene rings is 1. The van der Waals surface area contributed by atoms with Gasteiger partial charge in [0.1, 0.15) is 5.82 Å². The van der Waals surface area contributed by atoms with Gasteiger partial charge < -0.3 is 10.2 Å². The molecule has 148 valence electrons. The second kappa shape index (κ2) is 8.39. The number of carbonyl (C=O) groups is 2. The summed E-state index contributed by atoms with van der Waals surface area (Å²) in [6, 6.07) is 15.3. The molecule has 1 atom stereocenters. The third-order valence-electron chi connectivity index (χ3n) is 5.34. The van der Waals surface area contributed by atoms with Crippen LogP contribution in [0.2, 0.25) is 0 Å². The van der Waals surface area contributed by atoms with Crippen LogP contribution in [-0.2, 0) is 16.0 Å². The van der Waals surface area contributed by atoms with Crippen LogP contribution < -0.4 is 5.32 Å². The molecule has 6 heteroatoms. The largest absolute Gasteiger partial charge is 0.342 e. The fourth-order valence-corrected chi connectivity index (χ4v) is 3.84. The second-order valence-corrected chi connectivity index (χ2v) is 7.50. The van der Waals surface area contributed by atoms with E-state index in [0.29, 0.717) is 25.3 Å². The molecule has 1 aliphatic rings. The highest BCUT2D eigenvalue weighted by Crippen LogP contribution is 2.21. The number of hydrogen-bond acceptors (Lipinski definition) is 4. The van der Waals surface area contributed by atoms with Crippen molar-refractivity contribution < 1.29 is 9.59 Å². The Morgan fingerprint density at radius 1 is 1.14 bits per heavy atom. The molecular weight excluding hydrogens is 364 g/mol. The molecule has 0 aliphatic carbocycles. The highest BCUT2D eigenvalue weighted by atomic mass is 16.2. The summed E-state index contributed by atoms with van der Waals surface area (Å²) in [5.41, 5.74) is 2.63. The first-order chi connectivity index (χ1) is 14.1. The average molecular weight is 388 g/mol. The lowest BCUT2D eigenvalue weighted by Crippen LogP contribution is -2.44. The van der Waals surface area contributed by atoms with Crippen LogP contribution >= 0.6 is 0 Å². The molecule has 1 N–H and O–H groups in total. The lowest BCUT2D eigenvalue weighted by molar-refractivity contribution is -0.133. The standard InChI is InChI=1S/C23H24N4O2/c1-16-6-2-11-20(25-16)26-23(29)19-10-5-13-27(15-19)21(28)14-18-8-3-7-17-9-4-12-24-22(17)18/h2-4,6-9,11-12,19H,5,10,13-15H2,1H3,(H,25,26,29). The van der Waals surface area contributed by atoms with Gasteiger partial charge in [0, 0.05) is 30.4 Å². The van der Waals surface area contributed by atoms with Crippen LogP contribution in [0.1, 0.15) is 24.1 Å². The third-order valence-corrected chi connectivity index (χ3v) is 5.34. The topological polar surface area (TPSA) is 75.2 Å². The molecule has 3 aromatic rings. The zero-order valence-corrected chi connectivity index (χ0v) is 16.5. The molecule has 0 bridgehead atoms. The number of likely N-dealkylation sites (tertiary alicyclic amines) is 1. The molecule has 2 aromatic heterocycles. The number of amides is 2. The zero-order chi connectivity index (χ0) is 20.2. The Morgan fingerprint density at radius 2 is 1.97 bits per heavy atom. The summed E-state index contributed by atoms with van der Waals surface area (Å²) in [6.07, 6.45) is 3.63. The van der Waals surface area contributed by atoms with Gasteiger partial charge in [-0.25, -0.2) is 4.98 Å². The van der Waals surface area contributed by atoms with E-state index in [-0.39, 0.29) is 17.7 Å². The Hall–Kier alpha value is -3.28. The molecule has 0 saturated carbocycles. The van der Waals surface area contributed by atoms with E-state index in [2.05, 4.69) is 15.3 Å². The van der Waals surface area contributed by atoms with Gasteiger partial charge in [0.2, 0.25) is 11.8 Å². The van der Waals surface area contributed by atoms with Crippen molar-refractivity contribution in [3.8, 4) is 0 Å². The summed E-state index contributed by atoms with van der Waals surface area (Å²) >= 11 is 0. The lowest BCUT2D eigenvalue weighted by Gasteiger charge is -2.32. The SMILES string of the molecule is Cc1cccc(NC(=O)C2CCCN(C(=O)Cc3cccc4cccnc34)C2)n1. The number of hydrogen-bond donors (Lipinski definition) is 1. The van der Waals surface area contributed by atoms with Crippen LogP contribution in [0.25, 0.3) is 10.9 Å². The minimum absolute atomic E-state index is 0.0364. The van der Waals surface area contributed by atoms with Crippen LogP contribution in [0.4, 0.5) is 5.82 Å². The van der Waals surface area contributed by atoms with E-state index < -0.39 is 0 Å². The highest BCUT2D eigenvalue weighted by Gasteiger charge is 2.28. The summed E-state index contributed by atoms with van der Waals surface area (Å²) in [5.74, 6) is 0.294. The van der Waals surface area contributed by atoms with Gasteiger partial charge in [-0.3, -0.25) is 14.6 Å². The number of rotatable bonds is 4. The molecule has 1 saturated heterocycles. The van der Waals surface area contributed by atoms with E-state index >= 15 is 0 Å². The van der Waals surface area contributed by atoms with Gasteiger partial charge in [-0.15, -0.1) is 0 Å². The van der Waals surface area contributed by atoms with Crippen molar-refractivity contribution >= 4 is 28.5 Å². The van der Waals surface area contributed by atoms with Gasteiger partial charge in [-0.2, -0.15) is 0 Å². The number of aryl methyl sites for hydroxylation is 1. The minimum atomic E-state index is -0.222. The van der Waals surface area contributed by atoms with Crippen molar-refractivity contribution in [2.75, 3.05) is 18.4 Å². The van der Waals surface area contributed by atoms with Gasteiger partial charge in [0.25, 0.3) is 0 Å². The molecule has 6 nitrogen and oxygen atoms in total. The molecule has 29 heavy (non-hydrogen) atoms. The van der Waals surface area contributed by atoms with Crippen molar-refractivity contribution in [1.82, 2.24) is 14.9 Å². The van der Waals surface area contributed by atoms with Crippen molar-refractivity contribution in [3.05, 3.63) is 66.0 Å². The van der Waals surface area contributed by atoms with Crippen molar-refractivity contribution in [2.24, 2.45) is 5.92 Å². The number of aromatic nitrogens is 2. The van der Waals surface area contributed by atoms with E-state index in [1.165, 1.54) is 0 Å². The quantitative estimate of drug-likeness (QED) is 0.744. The Kier molecular flexibility index (Phi) is 5.51. The zero-order valence-electron chi connectivity index (χ0n) is 16.5. The molecule has 3 heterocycles. The van der Waals surface area contributed by atoms with E-state index in [9.17, 15) is 9.59 Å². The fraction of sp³-hybridized carbons (Fsp3) is 0.304. The summed E-state index contributed by atoms with van der Waals surface area (Å²) in [7, 11) is 0. The van der Waals surface area contributed by atoms with E-state index in [0.717, 1.165) is 35.0 Å². The molecule has 4 rings (SSSR count). The Balaban J connectivity index is 1.42. The predicted octanol–water partition coefficient (Wildman–Crippen LogP) is 3.36. The van der Waals surface area contributed by atoms with Crippen molar-refractivity contribution in [1.29, 1.82) is 0 Å². The number of nitrogens with one attached hydrogen (secondary N) is 1. The van der Waals surface area contributed by atoms with Crippen LogP contribution in [0.3, 0.4) is 0 Å². The molecule has 1 aromatic carbocycles. The van der Waals surface area contributed by atoms with Crippen LogP contribution in [0.15, 0.2) is 54.7 Å². The number of anilines is 1. The summed E-state index contributed by atoms with van der Waals surface area (Å²) in [4.78, 5) is 36.2. The molecule has 0 radical (unpaired) electrons. The molecule has 0 spiro atoms. The smallest absolute Gasteiger partial charge is 0.230 e. The van der Waals surface area contributed by atoms with Gasteiger partial charge in [-0.05, 0) is 43.5 Å². The highest BCUT2D eigenvalue weighted by molar-refractivity contribution is 5.93. The minimum Gasteiger partial charge on any atom is -0.342 e. The van der Waals surface area contributed by atoms with Crippen molar-refractivity contribution in [2.45, 2.75) is 26.2 Å². The molecule has 1 unspecified atom stereocenters. The predicted molar refractivity (Wildman–Crippen MR) is 112 cm³/mol. The average Bonchev–Trinajstić information content (AvgIpc) is 2.74. The Bertz CT molecular complexity index is 1040.